The van der Waals surface area contributed by atoms with E-state index in [1.165, 1.54) is 0 Å². The van der Waals surface area contributed by atoms with Gasteiger partial charge in [0.05, 0.1) is 6.61 Å². The Labute approximate surface area is 92.2 Å². The van der Waals surface area contributed by atoms with Gasteiger partial charge in [0.2, 0.25) is 0 Å². The van der Waals surface area contributed by atoms with Gasteiger partial charge >= 0.3 is 5.97 Å². The first-order chi connectivity index (χ1) is 7.06. The number of ketones is 1. The predicted octanol–water partition coefficient (Wildman–Crippen LogP) is 2.73. The number of hydrogen-bond acceptors (Lipinski definition) is 3. The number of hydrogen-bond donors (Lipinski definition) is 0. The maximum absolute atomic E-state index is 11.2. The van der Waals surface area contributed by atoms with Gasteiger partial charge in [0.1, 0.15) is 5.78 Å². The van der Waals surface area contributed by atoms with Gasteiger partial charge in [0.15, 0.2) is 0 Å². The van der Waals surface area contributed by atoms with E-state index in [2.05, 4.69) is 6.92 Å². The SMILES string of the molecule is CCCCOC(=O)CCC(C)CC(C)=O. The summed E-state index contributed by atoms with van der Waals surface area (Å²) in [5.41, 5.74) is 0. The molecule has 0 rings (SSSR count). The summed E-state index contributed by atoms with van der Waals surface area (Å²) in [4.78, 5) is 22.0. The fourth-order valence-electron chi connectivity index (χ4n) is 1.36. The van der Waals surface area contributed by atoms with Crippen LogP contribution in [0.25, 0.3) is 0 Å². The van der Waals surface area contributed by atoms with Crippen molar-refractivity contribution < 1.29 is 14.3 Å². The van der Waals surface area contributed by atoms with Crippen molar-refractivity contribution in [1.82, 2.24) is 0 Å². The van der Waals surface area contributed by atoms with E-state index in [1.807, 2.05) is 6.92 Å². The molecule has 0 N–H and O–H groups in total. The number of Topliss-reactive ketones (excluding diaryl/α,β-unsaturated/α-hetero) is 1. The summed E-state index contributed by atoms with van der Waals surface area (Å²) in [5.74, 6) is 0.321. The molecule has 0 bridgehead atoms. The minimum absolute atomic E-state index is 0.140. The zero-order valence-electron chi connectivity index (χ0n) is 10.0. The molecule has 3 nitrogen and oxygen atoms in total. The summed E-state index contributed by atoms with van der Waals surface area (Å²) in [5, 5.41) is 0. The van der Waals surface area contributed by atoms with Gasteiger partial charge in [0, 0.05) is 12.8 Å². The Morgan fingerprint density at radius 1 is 1.33 bits per heavy atom. The van der Waals surface area contributed by atoms with Crippen LogP contribution in [-0.4, -0.2) is 18.4 Å². The minimum Gasteiger partial charge on any atom is -0.466 e. The molecule has 0 aliphatic rings. The quantitative estimate of drug-likeness (QED) is 0.461. The van der Waals surface area contributed by atoms with Crippen molar-refractivity contribution in [2.45, 2.75) is 52.9 Å². The first-order valence-corrected chi connectivity index (χ1v) is 5.71. The molecule has 0 spiro atoms. The first kappa shape index (κ1) is 14.1. The Hall–Kier alpha value is -0.860. The normalized spacial score (nSPS) is 12.2. The lowest BCUT2D eigenvalue weighted by molar-refractivity contribution is -0.144. The van der Waals surface area contributed by atoms with Crippen molar-refractivity contribution in [3.63, 3.8) is 0 Å². The van der Waals surface area contributed by atoms with Gasteiger partial charge in [0.25, 0.3) is 0 Å². The lowest BCUT2D eigenvalue weighted by Crippen LogP contribution is -2.09. The molecule has 0 saturated heterocycles. The van der Waals surface area contributed by atoms with E-state index in [9.17, 15) is 9.59 Å². The second-order valence-corrected chi connectivity index (χ2v) is 4.12. The standard InChI is InChI=1S/C12H22O3/c1-4-5-8-15-12(14)7-6-10(2)9-11(3)13/h10H,4-9H2,1-3H3. The van der Waals surface area contributed by atoms with Crippen molar-refractivity contribution in [2.24, 2.45) is 5.92 Å². The topological polar surface area (TPSA) is 43.4 Å². The van der Waals surface area contributed by atoms with Gasteiger partial charge in [-0.25, -0.2) is 0 Å². The fraction of sp³-hybridized carbons (Fsp3) is 0.833. The highest BCUT2D eigenvalue weighted by atomic mass is 16.5. The van der Waals surface area contributed by atoms with E-state index in [-0.39, 0.29) is 17.7 Å². The molecule has 15 heavy (non-hydrogen) atoms. The van der Waals surface area contributed by atoms with Crippen LogP contribution in [0.15, 0.2) is 0 Å². The fourth-order valence-corrected chi connectivity index (χ4v) is 1.36. The number of unbranched alkanes of at least 4 members (excludes halogenated alkanes) is 1. The van der Waals surface area contributed by atoms with Crippen LogP contribution in [0.1, 0.15) is 52.9 Å². The Morgan fingerprint density at radius 3 is 2.53 bits per heavy atom. The van der Waals surface area contributed by atoms with E-state index in [0.717, 1.165) is 19.3 Å². The molecule has 0 saturated carbocycles. The van der Waals surface area contributed by atoms with Gasteiger partial charge in [-0.05, 0) is 25.7 Å². The maximum atomic E-state index is 11.2. The third-order valence-electron chi connectivity index (χ3n) is 2.24. The maximum Gasteiger partial charge on any atom is 0.305 e. The van der Waals surface area contributed by atoms with Crippen LogP contribution < -0.4 is 0 Å². The zero-order chi connectivity index (χ0) is 11.7. The van der Waals surface area contributed by atoms with Gasteiger partial charge in [-0.2, -0.15) is 0 Å². The molecule has 0 aliphatic carbocycles. The molecule has 0 amide bonds. The van der Waals surface area contributed by atoms with Crippen LogP contribution >= 0.6 is 0 Å². The monoisotopic (exact) mass is 214 g/mol. The average molecular weight is 214 g/mol. The molecule has 1 unspecified atom stereocenters. The molecule has 1 atom stereocenters. The van der Waals surface area contributed by atoms with Gasteiger partial charge in [-0.15, -0.1) is 0 Å². The van der Waals surface area contributed by atoms with Crippen LogP contribution in [0.3, 0.4) is 0 Å². The van der Waals surface area contributed by atoms with E-state index < -0.39 is 0 Å². The Morgan fingerprint density at radius 2 is 2.00 bits per heavy atom. The van der Waals surface area contributed by atoms with E-state index in [1.54, 1.807) is 6.92 Å². The Kier molecular flexibility index (Phi) is 7.96. The van der Waals surface area contributed by atoms with Crippen LogP contribution in [0, 0.1) is 5.92 Å². The number of carbonyl (C=O) groups is 2. The number of ether oxygens (including phenoxy) is 1. The molecule has 88 valence electrons. The van der Waals surface area contributed by atoms with Crippen molar-refractivity contribution in [2.75, 3.05) is 6.61 Å². The van der Waals surface area contributed by atoms with Crippen LogP contribution in [-0.2, 0) is 14.3 Å². The van der Waals surface area contributed by atoms with Crippen molar-refractivity contribution in [3.05, 3.63) is 0 Å². The first-order valence-electron chi connectivity index (χ1n) is 5.71. The summed E-state index contributed by atoms with van der Waals surface area (Å²) in [6, 6.07) is 0. The lowest BCUT2D eigenvalue weighted by atomic mass is 10.00. The third-order valence-corrected chi connectivity index (χ3v) is 2.24. The second-order valence-electron chi connectivity index (χ2n) is 4.12. The zero-order valence-corrected chi connectivity index (χ0v) is 10.0. The summed E-state index contributed by atoms with van der Waals surface area (Å²) < 4.78 is 5.01. The summed E-state index contributed by atoms with van der Waals surface area (Å²) in [6.45, 7) is 6.15. The molecule has 3 heteroatoms. The molecule has 0 aliphatic heterocycles. The Bertz CT molecular complexity index is 199. The highest BCUT2D eigenvalue weighted by molar-refractivity contribution is 5.75. The van der Waals surface area contributed by atoms with Crippen molar-refractivity contribution in [1.29, 1.82) is 0 Å². The molecular weight excluding hydrogens is 192 g/mol. The van der Waals surface area contributed by atoms with Gasteiger partial charge < -0.3 is 9.53 Å². The van der Waals surface area contributed by atoms with Crippen molar-refractivity contribution in [3.8, 4) is 0 Å². The Balaban J connectivity index is 3.48. The number of rotatable bonds is 8. The third kappa shape index (κ3) is 9.44. The molecular formula is C12H22O3. The largest absolute Gasteiger partial charge is 0.466 e. The highest BCUT2D eigenvalue weighted by Gasteiger charge is 2.09. The van der Waals surface area contributed by atoms with Crippen LogP contribution in [0.5, 0.6) is 0 Å². The molecule has 0 aromatic rings. The molecule has 0 fully saturated rings. The van der Waals surface area contributed by atoms with E-state index in [4.69, 9.17) is 4.74 Å². The minimum atomic E-state index is -0.140. The number of esters is 1. The smallest absolute Gasteiger partial charge is 0.305 e. The molecule has 0 aromatic carbocycles. The van der Waals surface area contributed by atoms with E-state index in [0.29, 0.717) is 19.4 Å². The van der Waals surface area contributed by atoms with Gasteiger partial charge in [-0.3, -0.25) is 4.79 Å². The highest BCUT2D eigenvalue weighted by Crippen LogP contribution is 2.11. The second kappa shape index (κ2) is 8.45. The average Bonchev–Trinajstić information content (AvgIpc) is 2.14. The number of carbonyl (C=O) groups excluding carboxylic acids is 2. The van der Waals surface area contributed by atoms with Gasteiger partial charge in [-0.1, -0.05) is 20.3 Å². The summed E-state index contributed by atoms with van der Waals surface area (Å²) >= 11 is 0. The molecule has 0 radical (unpaired) electrons. The lowest BCUT2D eigenvalue weighted by Gasteiger charge is -2.08. The van der Waals surface area contributed by atoms with Crippen molar-refractivity contribution >= 4 is 11.8 Å². The van der Waals surface area contributed by atoms with Crippen LogP contribution in [0.4, 0.5) is 0 Å². The van der Waals surface area contributed by atoms with E-state index >= 15 is 0 Å². The van der Waals surface area contributed by atoms with Crippen LogP contribution in [0.2, 0.25) is 0 Å². The molecule has 0 heterocycles. The molecule has 0 aromatic heterocycles. The summed E-state index contributed by atoms with van der Waals surface area (Å²) in [7, 11) is 0. The summed E-state index contributed by atoms with van der Waals surface area (Å²) in [6.07, 6.45) is 3.69. The predicted molar refractivity (Wildman–Crippen MR) is 59.6 cm³/mol.